The van der Waals surface area contributed by atoms with Gasteiger partial charge >= 0.3 is 0 Å². The van der Waals surface area contributed by atoms with Crippen LogP contribution in [0.2, 0.25) is 0 Å². The fraction of sp³-hybridized carbons (Fsp3) is 0.200. The van der Waals surface area contributed by atoms with Crippen LogP contribution in [0.1, 0.15) is 13.8 Å². The minimum Gasteiger partial charge on any atom is -0.489 e. The van der Waals surface area contributed by atoms with Gasteiger partial charge in [0.25, 0.3) is 0 Å². The van der Waals surface area contributed by atoms with E-state index in [-0.39, 0.29) is 11.9 Å². The van der Waals surface area contributed by atoms with Crippen molar-refractivity contribution < 1.29 is 13.9 Å². The number of halogens is 1. The molecule has 0 saturated heterocycles. The Bertz CT molecular complexity index is 570. The van der Waals surface area contributed by atoms with Crippen molar-refractivity contribution >= 4 is 5.69 Å². The number of ether oxygens (including phenoxy) is 2. The molecule has 0 aliphatic rings. The van der Waals surface area contributed by atoms with Gasteiger partial charge in [-0.15, -0.1) is 0 Å². The molecule has 0 atom stereocenters. The van der Waals surface area contributed by atoms with Crippen LogP contribution in [0, 0.1) is 5.82 Å². The number of para-hydroxylation sites is 2. The Morgan fingerprint density at radius 3 is 2.26 bits per heavy atom. The Kier molecular flexibility index (Phi) is 3.90. The highest BCUT2D eigenvalue weighted by Crippen LogP contribution is 2.35. The Hall–Kier alpha value is -2.23. The molecule has 0 saturated carbocycles. The molecule has 4 heteroatoms. The van der Waals surface area contributed by atoms with Crippen molar-refractivity contribution in [3.05, 3.63) is 48.3 Å². The zero-order valence-corrected chi connectivity index (χ0v) is 10.9. The van der Waals surface area contributed by atoms with E-state index in [1.165, 1.54) is 6.07 Å². The summed E-state index contributed by atoms with van der Waals surface area (Å²) in [5.74, 6) is 0.611. The van der Waals surface area contributed by atoms with Crippen LogP contribution < -0.4 is 15.2 Å². The lowest BCUT2D eigenvalue weighted by Crippen LogP contribution is -2.07. The molecular weight excluding hydrogens is 245 g/mol. The molecule has 0 heterocycles. The second-order valence-electron chi connectivity index (χ2n) is 4.37. The zero-order valence-electron chi connectivity index (χ0n) is 10.9. The summed E-state index contributed by atoms with van der Waals surface area (Å²) in [5, 5.41) is 0. The fourth-order valence-corrected chi connectivity index (χ4v) is 1.62. The molecule has 0 unspecified atom stereocenters. The number of nitrogen functional groups attached to an aromatic ring is 1. The van der Waals surface area contributed by atoms with Crippen LogP contribution in [0.5, 0.6) is 17.2 Å². The predicted octanol–water partition coefficient (Wildman–Crippen LogP) is 3.99. The van der Waals surface area contributed by atoms with Gasteiger partial charge in [-0.2, -0.15) is 0 Å². The first-order chi connectivity index (χ1) is 9.08. The lowest BCUT2D eigenvalue weighted by Gasteiger charge is -2.15. The van der Waals surface area contributed by atoms with Crippen LogP contribution >= 0.6 is 0 Å². The summed E-state index contributed by atoms with van der Waals surface area (Å²) in [6.07, 6.45) is 0.00557. The second kappa shape index (κ2) is 5.61. The molecule has 0 aliphatic heterocycles. The Morgan fingerprint density at radius 2 is 1.58 bits per heavy atom. The molecule has 100 valence electrons. The third-order valence-electron chi connectivity index (χ3n) is 2.45. The molecule has 0 radical (unpaired) electrons. The highest BCUT2D eigenvalue weighted by Gasteiger charge is 2.11. The van der Waals surface area contributed by atoms with Gasteiger partial charge in [0.05, 0.1) is 6.10 Å². The number of benzene rings is 2. The Labute approximate surface area is 111 Å². The molecule has 2 rings (SSSR count). The van der Waals surface area contributed by atoms with Gasteiger partial charge in [-0.1, -0.05) is 18.2 Å². The quantitative estimate of drug-likeness (QED) is 0.846. The van der Waals surface area contributed by atoms with Crippen molar-refractivity contribution in [1.29, 1.82) is 0 Å². The van der Waals surface area contributed by atoms with Crippen LogP contribution in [0.15, 0.2) is 42.5 Å². The minimum atomic E-state index is -0.433. The van der Waals surface area contributed by atoms with E-state index < -0.39 is 5.82 Å². The smallest absolute Gasteiger partial charge is 0.165 e. The van der Waals surface area contributed by atoms with Gasteiger partial charge in [0.1, 0.15) is 11.4 Å². The van der Waals surface area contributed by atoms with E-state index in [2.05, 4.69) is 0 Å². The van der Waals surface area contributed by atoms with Crippen LogP contribution in [-0.2, 0) is 0 Å². The molecule has 0 spiro atoms. The van der Waals surface area contributed by atoms with Crippen LogP contribution in [-0.4, -0.2) is 6.10 Å². The molecule has 0 aliphatic carbocycles. The molecule has 0 aromatic heterocycles. The largest absolute Gasteiger partial charge is 0.489 e. The average Bonchev–Trinajstić information content (AvgIpc) is 2.36. The van der Waals surface area contributed by atoms with Gasteiger partial charge in [0, 0.05) is 0 Å². The first-order valence-electron chi connectivity index (χ1n) is 6.05. The lowest BCUT2D eigenvalue weighted by atomic mass is 10.2. The van der Waals surface area contributed by atoms with E-state index in [9.17, 15) is 4.39 Å². The maximum absolute atomic E-state index is 13.5. The topological polar surface area (TPSA) is 44.5 Å². The van der Waals surface area contributed by atoms with E-state index in [0.717, 1.165) is 0 Å². The third-order valence-corrected chi connectivity index (χ3v) is 2.45. The van der Waals surface area contributed by atoms with Crippen molar-refractivity contribution in [2.45, 2.75) is 20.0 Å². The van der Waals surface area contributed by atoms with Gasteiger partial charge in [0.15, 0.2) is 17.3 Å². The molecule has 0 bridgehead atoms. The molecule has 0 amide bonds. The fourth-order valence-electron chi connectivity index (χ4n) is 1.62. The third kappa shape index (κ3) is 3.16. The van der Waals surface area contributed by atoms with Crippen molar-refractivity contribution in [3.8, 4) is 17.2 Å². The first kappa shape index (κ1) is 13.2. The van der Waals surface area contributed by atoms with E-state index >= 15 is 0 Å². The maximum Gasteiger partial charge on any atom is 0.165 e. The van der Waals surface area contributed by atoms with Gasteiger partial charge in [-0.25, -0.2) is 4.39 Å². The summed E-state index contributed by atoms with van der Waals surface area (Å²) in [4.78, 5) is 0. The molecule has 3 nitrogen and oxygen atoms in total. The van der Waals surface area contributed by atoms with Crippen LogP contribution in [0.25, 0.3) is 0 Å². The molecule has 19 heavy (non-hydrogen) atoms. The molecule has 0 fully saturated rings. The maximum atomic E-state index is 13.5. The molecular formula is C15H16FNO2. The standard InChI is InChI=1S/C15H16FNO2/c1-10(2)18-13-8-5-9-14(15(13)17)19-12-7-4-3-6-11(12)16/h3-10H,17H2,1-2H3. The van der Waals surface area contributed by atoms with Crippen molar-refractivity contribution in [2.75, 3.05) is 5.73 Å². The Balaban J connectivity index is 2.28. The van der Waals surface area contributed by atoms with Crippen molar-refractivity contribution in [1.82, 2.24) is 0 Å². The highest BCUT2D eigenvalue weighted by atomic mass is 19.1. The van der Waals surface area contributed by atoms with E-state index in [1.54, 1.807) is 36.4 Å². The average molecular weight is 261 g/mol. The lowest BCUT2D eigenvalue weighted by molar-refractivity contribution is 0.243. The summed E-state index contributed by atoms with van der Waals surface area (Å²) < 4.78 is 24.6. The summed E-state index contributed by atoms with van der Waals surface area (Å²) >= 11 is 0. The second-order valence-corrected chi connectivity index (χ2v) is 4.37. The predicted molar refractivity (Wildman–Crippen MR) is 73.1 cm³/mol. The number of rotatable bonds is 4. The van der Waals surface area contributed by atoms with E-state index in [4.69, 9.17) is 15.2 Å². The number of hydrogen-bond acceptors (Lipinski definition) is 3. The first-order valence-corrected chi connectivity index (χ1v) is 6.05. The van der Waals surface area contributed by atoms with Crippen molar-refractivity contribution in [2.24, 2.45) is 0 Å². The number of nitrogens with two attached hydrogens (primary N) is 1. The summed E-state index contributed by atoms with van der Waals surface area (Å²) in [6, 6.07) is 11.4. The van der Waals surface area contributed by atoms with Gasteiger partial charge in [0.2, 0.25) is 0 Å². The van der Waals surface area contributed by atoms with Crippen LogP contribution in [0.4, 0.5) is 10.1 Å². The van der Waals surface area contributed by atoms with Gasteiger partial charge < -0.3 is 15.2 Å². The summed E-state index contributed by atoms with van der Waals surface area (Å²) in [7, 11) is 0. The number of hydrogen-bond donors (Lipinski definition) is 1. The van der Waals surface area contributed by atoms with E-state index in [0.29, 0.717) is 17.2 Å². The summed E-state index contributed by atoms with van der Waals surface area (Å²) in [6.45, 7) is 3.81. The molecule has 2 aromatic carbocycles. The monoisotopic (exact) mass is 261 g/mol. The Morgan fingerprint density at radius 1 is 0.947 bits per heavy atom. The summed E-state index contributed by atoms with van der Waals surface area (Å²) in [5.41, 5.74) is 6.32. The normalized spacial score (nSPS) is 10.5. The number of anilines is 1. The van der Waals surface area contributed by atoms with Crippen molar-refractivity contribution in [3.63, 3.8) is 0 Å². The SMILES string of the molecule is CC(C)Oc1cccc(Oc2ccccc2F)c1N. The zero-order chi connectivity index (χ0) is 13.8. The van der Waals surface area contributed by atoms with Crippen LogP contribution in [0.3, 0.4) is 0 Å². The minimum absolute atomic E-state index is 0.00557. The van der Waals surface area contributed by atoms with E-state index in [1.807, 2.05) is 13.8 Å². The molecule has 2 aromatic rings. The molecule has 2 N–H and O–H groups in total. The van der Waals surface area contributed by atoms with Gasteiger partial charge in [-0.3, -0.25) is 0 Å². The highest BCUT2D eigenvalue weighted by molar-refractivity contribution is 5.63. The van der Waals surface area contributed by atoms with Gasteiger partial charge in [-0.05, 0) is 38.1 Å².